The van der Waals surface area contributed by atoms with Crippen molar-refractivity contribution < 1.29 is 4.79 Å². The number of amides is 1. The van der Waals surface area contributed by atoms with E-state index in [1.807, 2.05) is 49.4 Å². The number of hydrogen-bond acceptors (Lipinski definition) is 4. The second-order valence-corrected chi connectivity index (χ2v) is 7.68. The molecular weight excluding hydrogens is 348 g/mol. The van der Waals surface area contributed by atoms with Gasteiger partial charge in [0.1, 0.15) is 0 Å². The number of anilines is 1. The predicted molar refractivity (Wildman–Crippen MR) is 99.8 cm³/mol. The quantitative estimate of drug-likeness (QED) is 0.619. The van der Waals surface area contributed by atoms with Crippen molar-refractivity contribution >= 4 is 56.0 Å². The minimum Gasteiger partial charge on any atom is -0.302 e. The van der Waals surface area contributed by atoms with Crippen LogP contribution in [0.2, 0.25) is 5.02 Å². The van der Waals surface area contributed by atoms with Crippen LogP contribution < -0.4 is 5.32 Å². The lowest BCUT2D eigenvalue weighted by Crippen LogP contribution is -2.11. The van der Waals surface area contributed by atoms with E-state index < -0.39 is 0 Å². The molecule has 0 atom stereocenters. The number of nitrogens with zero attached hydrogens (tertiary/aromatic N) is 1. The Hall–Kier alpha value is -1.56. The topological polar surface area (TPSA) is 42.0 Å². The average molecular weight is 363 g/mol. The maximum Gasteiger partial charge on any atom is 0.226 e. The van der Waals surface area contributed by atoms with Crippen LogP contribution in [0.4, 0.5) is 5.13 Å². The van der Waals surface area contributed by atoms with Crippen LogP contribution in [-0.4, -0.2) is 16.6 Å². The summed E-state index contributed by atoms with van der Waals surface area (Å²) in [5.74, 6) is 0.724. The average Bonchev–Trinajstić information content (AvgIpc) is 2.91. The summed E-state index contributed by atoms with van der Waals surface area (Å²) < 4.78 is 0.990. The summed E-state index contributed by atoms with van der Waals surface area (Å²) >= 11 is 9.18. The summed E-state index contributed by atoms with van der Waals surface area (Å²) in [7, 11) is 0. The number of carbonyl (C=O) groups excluding carboxylic acids is 1. The van der Waals surface area contributed by atoms with Crippen molar-refractivity contribution in [3.05, 3.63) is 53.1 Å². The van der Waals surface area contributed by atoms with E-state index in [9.17, 15) is 4.79 Å². The minimum absolute atomic E-state index is 0.0174. The zero-order chi connectivity index (χ0) is 16.2. The van der Waals surface area contributed by atoms with E-state index in [0.717, 1.165) is 21.5 Å². The zero-order valence-electron chi connectivity index (χ0n) is 12.5. The molecule has 0 saturated heterocycles. The fraction of sp³-hybridized carbons (Fsp3) is 0.176. The number of halogens is 1. The van der Waals surface area contributed by atoms with Crippen LogP contribution in [0.5, 0.6) is 0 Å². The molecule has 0 aliphatic carbocycles. The van der Waals surface area contributed by atoms with Crippen molar-refractivity contribution in [3.8, 4) is 0 Å². The monoisotopic (exact) mass is 362 g/mol. The van der Waals surface area contributed by atoms with Crippen molar-refractivity contribution in [1.29, 1.82) is 0 Å². The van der Waals surface area contributed by atoms with Crippen LogP contribution in [0.15, 0.2) is 47.4 Å². The number of fused-ring (bicyclic) bond motifs is 1. The third kappa shape index (κ3) is 4.25. The Labute approximate surface area is 148 Å². The molecule has 1 heterocycles. The maximum atomic E-state index is 12.0. The molecule has 3 rings (SSSR count). The van der Waals surface area contributed by atoms with Crippen molar-refractivity contribution in [1.82, 2.24) is 4.98 Å². The summed E-state index contributed by atoms with van der Waals surface area (Å²) in [6.45, 7) is 1.97. The molecule has 23 heavy (non-hydrogen) atoms. The number of benzene rings is 2. The van der Waals surface area contributed by atoms with E-state index >= 15 is 0 Å². The molecule has 6 heteroatoms. The van der Waals surface area contributed by atoms with Gasteiger partial charge >= 0.3 is 0 Å². The van der Waals surface area contributed by atoms with Crippen LogP contribution >= 0.6 is 34.7 Å². The number of hydrogen-bond donors (Lipinski definition) is 1. The molecule has 0 spiro atoms. The lowest BCUT2D eigenvalue weighted by Gasteiger charge is -2.02. The number of aromatic nitrogens is 1. The van der Waals surface area contributed by atoms with Crippen LogP contribution in [-0.2, 0) is 4.79 Å². The molecule has 0 aliphatic heterocycles. The summed E-state index contributed by atoms with van der Waals surface area (Å²) in [6.07, 6.45) is 0.454. The third-order valence-corrected chi connectivity index (χ3v) is 5.39. The van der Waals surface area contributed by atoms with E-state index in [0.29, 0.717) is 16.6 Å². The van der Waals surface area contributed by atoms with E-state index in [1.54, 1.807) is 11.8 Å². The SMILES string of the molecule is Cc1cc(Cl)cc2sc(NC(=O)CCSc3ccccc3)nc12. The number of aryl methyl sites for hydroxylation is 1. The summed E-state index contributed by atoms with van der Waals surface area (Å²) in [5, 5.41) is 4.19. The van der Waals surface area contributed by atoms with E-state index in [4.69, 9.17) is 11.6 Å². The van der Waals surface area contributed by atoms with Gasteiger partial charge in [-0.3, -0.25) is 4.79 Å². The molecule has 118 valence electrons. The van der Waals surface area contributed by atoms with Crippen LogP contribution in [0.1, 0.15) is 12.0 Å². The molecule has 3 aromatic rings. The van der Waals surface area contributed by atoms with Gasteiger partial charge in [0.2, 0.25) is 5.91 Å². The standard InChI is InChI=1S/C17H15ClN2OS2/c1-11-9-12(18)10-14-16(11)20-17(23-14)19-15(21)7-8-22-13-5-3-2-4-6-13/h2-6,9-10H,7-8H2,1H3,(H,19,20,21). The van der Waals surface area contributed by atoms with Gasteiger partial charge in [0.15, 0.2) is 5.13 Å². The van der Waals surface area contributed by atoms with Crippen molar-refractivity contribution in [3.63, 3.8) is 0 Å². The normalized spacial score (nSPS) is 10.9. The van der Waals surface area contributed by atoms with Gasteiger partial charge in [-0.15, -0.1) is 11.8 Å². The van der Waals surface area contributed by atoms with Crippen LogP contribution in [0, 0.1) is 6.92 Å². The Morgan fingerprint density at radius 1 is 1.30 bits per heavy atom. The fourth-order valence-corrected chi connectivity index (χ4v) is 4.38. The zero-order valence-corrected chi connectivity index (χ0v) is 14.9. The fourth-order valence-electron chi connectivity index (χ4n) is 2.17. The Morgan fingerprint density at radius 2 is 2.09 bits per heavy atom. The molecule has 1 aromatic heterocycles. The highest BCUT2D eigenvalue weighted by Crippen LogP contribution is 2.31. The highest BCUT2D eigenvalue weighted by molar-refractivity contribution is 7.99. The van der Waals surface area contributed by atoms with Gasteiger partial charge < -0.3 is 5.32 Å². The van der Waals surface area contributed by atoms with Gasteiger partial charge in [0.25, 0.3) is 0 Å². The van der Waals surface area contributed by atoms with E-state index in [-0.39, 0.29) is 5.91 Å². The van der Waals surface area contributed by atoms with E-state index in [1.165, 1.54) is 16.2 Å². The summed E-state index contributed by atoms with van der Waals surface area (Å²) in [5.41, 5.74) is 1.91. The van der Waals surface area contributed by atoms with Crippen LogP contribution in [0.3, 0.4) is 0 Å². The Morgan fingerprint density at radius 3 is 2.87 bits per heavy atom. The molecule has 0 fully saturated rings. The van der Waals surface area contributed by atoms with Crippen molar-refractivity contribution in [2.75, 3.05) is 11.1 Å². The lowest BCUT2D eigenvalue weighted by molar-refractivity contribution is -0.115. The first-order valence-corrected chi connectivity index (χ1v) is 9.34. The number of thioether (sulfide) groups is 1. The first kappa shape index (κ1) is 16.3. The van der Waals surface area contributed by atoms with Crippen LogP contribution in [0.25, 0.3) is 10.2 Å². The van der Waals surface area contributed by atoms with E-state index in [2.05, 4.69) is 10.3 Å². The largest absolute Gasteiger partial charge is 0.302 e. The van der Waals surface area contributed by atoms with Gasteiger partial charge in [0, 0.05) is 22.1 Å². The highest BCUT2D eigenvalue weighted by atomic mass is 35.5. The molecule has 1 amide bonds. The Kier molecular flexibility index (Phi) is 5.20. The molecule has 0 aliphatic rings. The first-order valence-electron chi connectivity index (χ1n) is 7.16. The number of nitrogens with one attached hydrogen (secondary N) is 1. The molecule has 0 unspecified atom stereocenters. The van der Waals surface area contributed by atoms with Crippen molar-refractivity contribution in [2.24, 2.45) is 0 Å². The van der Waals surface area contributed by atoms with Gasteiger partial charge in [-0.1, -0.05) is 41.1 Å². The summed E-state index contributed by atoms with van der Waals surface area (Å²) in [6, 6.07) is 13.8. The minimum atomic E-state index is -0.0174. The third-order valence-electron chi connectivity index (χ3n) is 3.24. The second-order valence-electron chi connectivity index (χ2n) is 5.05. The predicted octanol–water partition coefficient (Wildman–Crippen LogP) is 5.38. The molecular formula is C17H15ClN2OS2. The summed E-state index contributed by atoms with van der Waals surface area (Å²) in [4.78, 5) is 17.7. The van der Waals surface area contributed by atoms with Gasteiger partial charge in [0.05, 0.1) is 10.2 Å². The molecule has 0 saturated carbocycles. The first-order chi connectivity index (χ1) is 11.1. The Bertz CT molecular complexity index is 833. The van der Waals surface area contributed by atoms with Gasteiger partial charge in [-0.05, 0) is 36.8 Å². The van der Waals surface area contributed by atoms with Crippen molar-refractivity contribution in [2.45, 2.75) is 18.2 Å². The lowest BCUT2D eigenvalue weighted by atomic mass is 10.2. The highest BCUT2D eigenvalue weighted by Gasteiger charge is 2.10. The Balaban J connectivity index is 1.58. The van der Waals surface area contributed by atoms with Gasteiger partial charge in [-0.25, -0.2) is 4.98 Å². The molecule has 2 aromatic carbocycles. The smallest absolute Gasteiger partial charge is 0.226 e. The number of rotatable bonds is 5. The number of thiazole rings is 1. The molecule has 0 radical (unpaired) electrons. The molecule has 0 bridgehead atoms. The second kappa shape index (κ2) is 7.34. The number of carbonyl (C=O) groups is 1. The molecule has 1 N–H and O–H groups in total. The maximum absolute atomic E-state index is 12.0. The molecule has 3 nitrogen and oxygen atoms in total. The van der Waals surface area contributed by atoms with Gasteiger partial charge in [-0.2, -0.15) is 0 Å².